The molecule has 0 spiro atoms. The zero-order valence-corrected chi connectivity index (χ0v) is 11.6. The maximum absolute atomic E-state index is 8.88. The molecule has 0 saturated carbocycles. The first kappa shape index (κ1) is 15.8. The zero-order chi connectivity index (χ0) is 11.3. The molecular weight excluding hydrogens is 238 g/mol. The van der Waals surface area contributed by atoms with E-state index in [0.29, 0.717) is 0 Å². The third-order valence-electron chi connectivity index (χ3n) is 1.57. The van der Waals surface area contributed by atoms with Gasteiger partial charge in [-0.2, -0.15) is 0 Å². The van der Waals surface area contributed by atoms with E-state index in [4.69, 9.17) is 19.2 Å². The van der Waals surface area contributed by atoms with Gasteiger partial charge in [-0.25, -0.2) is 4.57 Å². The van der Waals surface area contributed by atoms with Crippen molar-refractivity contribution in [3.63, 3.8) is 0 Å². The molecule has 0 bridgehead atoms. The fraction of sp³-hybridized carbons (Fsp3) is 0. The van der Waals surface area contributed by atoms with Crippen molar-refractivity contribution in [3.05, 3.63) is 48.5 Å². The molecule has 0 unspecified atom stereocenters. The third kappa shape index (κ3) is 7.14. The Morgan fingerprint density at radius 3 is 2.06 bits per heavy atom. The molecule has 16 heavy (non-hydrogen) atoms. The maximum atomic E-state index is 8.88. The monoisotopic (exact) mass is 248 g/mol. The molecule has 0 saturated heterocycles. The van der Waals surface area contributed by atoms with Crippen molar-refractivity contribution in [2.24, 2.45) is 0 Å². The van der Waals surface area contributed by atoms with E-state index in [1.165, 1.54) is 10.8 Å². The number of hydrogen-bond acceptors (Lipinski definition) is 1. The van der Waals surface area contributed by atoms with Gasteiger partial charge >= 0.3 is 37.4 Å². The molecule has 6 heteroatoms. The van der Waals surface area contributed by atoms with E-state index in [9.17, 15) is 0 Å². The van der Waals surface area contributed by atoms with Crippen molar-refractivity contribution in [2.45, 2.75) is 0 Å². The van der Waals surface area contributed by atoms with Crippen LogP contribution in [0.5, 0.6) is 0 Å². The Kier molecular flexibility index (Phi) is 7.11. The molecule has 3 N–H and O–H groups in total. The summed E-state index contributed by atoms with van der Waals surface area (Å²) < 4.78 is 8.88. The molecule has 0 aliphatic heterocycles. The zero-order valence-electron chi connectivity index (χ0n) is 8.74. The topological polar surface area (TPSA) is 77.8 Å². The number of phosphoric acid groups is 1. The molecule has 0 aliphatic rings. The Labute approximate surface area is 115 Å². The standard InChI is InChI=1S/C10H7.Na.H3O4P/c1-2-6-10-8-4-3-7-9(10)5-1;;1-5(2,3)4/h1-7H;;(H3,1,2,3,4)/q-1;+1;. The van der Waals surface area contributed by atoms with Gasteiger partial charge in [-0.15, -0.1) is 47.2 Å². The molecule has 0 radical (unpaired) electrons. The minimum absolute atomic E-state index is 0. The van der Waals surface area contributed by atoms with Gasteiger partial charge in [-0.1, -0.05) is 12.1 Å². The normalized spacial score (nSPS) is 9.94. The minimum Gasteiger partial charge on any atom is -0.303 e. The largest absolute Gasteiger partial charge is 1.00 e. The van der Waals surface area contributed by atoms with Gasteiger partial charge in [0.05, 0.1) is 0 Å². The molecular formula is C10H10NaO4P. The van der Waals surface area contributed by atoms with Crippen LogP contribution in [0.3, 0.4) is 0 Å². The second kappa shape index (κ2) is 7.20. The number of benzene rings is 2. The van der Waals surface area contributed by atoms with Crippen molar-refractivity contribution < 1.29 is 48.8 Å². The van der Waals surface area contributed by atoms with E-state index in [1.54, 1.807) is 0 Å². The van der Waals surface area contributed by atoms with Crippen LogP contribution in [0.2, 0.25) is 0 Å². The van der Waals surface area contributed by atoms with E-state index < -0.39 is 7.82 Å². The van der Waals surface area contributed by atoms with Crippen molar-refractivity contribution in [3.8, 4) is 0 Å². The van der Waals surface area contributed by atoms with Crippen LogP contribution in [-0.4, -0.2) is 14.7 Å². The smallest absolute Gasteiger partial charge is 0.303 e. The van der Waals surface area contributed by atoms with Gasteiger partial charge in [0.1, 0.15) is 0 Å². The Morgan fingerprint density at radius 1 is 1.00 bits per heavy atom. The van der Waals surface area contributed by atoms with E-state index >= 15 is 0 Å². The van der Waals surface area contributed by atoms with Crippen molar-refractivity contribution in [2.75, 3.05) is 0 Å². The van der Waals surface area contributed by atoms with Crippen LogP contribution >= 0.6 is 7.82 Å². The summed E-state index contributed by atoms with van der Waals surface area (Å²) in [6, 6.07) is 17.4. The second-order valence-corrected chi connectivity index (χ2v) is 3.80. The summed E-state index contributed by atoms with van der Waals surface area (Å²) in [5, 5.41) is 2.44. The van der Waals surface area contributed by atoms with E-state index in [2.05, 4.69) is 24.3 Å². The number of rotatable bonds is 0. The van der Waals surface area contributed by atoms with Crippen LogP contribution in [-0.2, 0) is 4.57 Å². The summed E-state index contributed by atoms with van der Waals surface area (Å²) in [4.78, 5) is 21.6. The van der Waals surface area contributed by atoms with Crippen LogP contribution in [0.15, 0.2) is 42.5 Å². The Hall–Kier alpha value is -0.190. The van der Waals surface area contributed by atoms with Gasteiger partial charge in [0.25, 0.3) is 0 Å². The second-order valence-electron chi connectivity index (χ2n) is 2.77. The van der Waals surface area contributed by atoms with Gasteiger partial charge in [0.15, 0.2) is 0 Å². The Balaban J connectivity index is 0.000000330. The van der Waals surface area contributed by atoms with Crippen LogP contribution in [0.25, 0.3) is 10.8 Å². The Morgan fingerprint density at radius 2 is 1.50 bits per heavy atom. The summed E-state index contributed by atoms with van der Waals surface area (Å²) in [5.41, 5.74) is 0. The van der Waals surface area contributed by atoms with Gasteiger partial charge in [0.2, 0.25) is 0 Å². The minimum atomic E-state index is -4.64. The first-order valence-corrected chi connectivity index (χ1v) is 5.67. The summed E-state index contributed by atoms with van der Waals surface area (Å²) in [6.45, 7) is 0. The fourth-order valence-electron chi connectivity index (χ4n) is 1.06. The SMILES string of the molecule is O=P(O)(O)O.[Na+].[c-]1cccc2ccccc12. The average Bonchev–Trinajstić information content (AvgIpc) is 2.16. The molecule has 0 aliphatic carbocycles. The van der Waals surface area contributed by atoms with Crippen LogP contribution in [0, 0.1) is 6.07 Å². The van der Waals surface area contributed by atoms with Crippen molar-refractivity contribution >= 4 is 18.6 Å². The van der Waals surface area contributed by atoms with E-state index in [-0.39, 0.29) is 29.6 Å². The third-order valence-corrected chi connectivity index (χ3v) is 1.57. The molecule has 0 atom stereocenters. The molecule has 0 heterocycles. The predicted octanol–water partition coefficient (Wildman–Crippen LogP) is -1.28. The summed E-state index contributed by atoms with van der Waals surface area (Å²) >= 11 is 0. The first-order chi connectivity index (χ1) is 6.97. The molecule has 2 aromatic carbocycles. The van der Waals surface area contributed by atoms with Crippen LogP contribution < -0.4 is 29.6 Å². The molecule has 0 fully saturated rings. The van der Waals surface area contributed by atoms with Gasteiger partial charge < -0.3 is 14.7 Å². The van der Waals surface area contributed by atoms with Crippen molar-refractivity contribution in [1.29, 1.82) is 0 Å². The molecule has 0 amide bonds. The van der Waals surface area contributed by atoms with Crippen LogP contribution in [0.1, 0.15) is 0 Å². The first-order valence-electron chi connectivity index (χ1n) is 4.10. The van der Waals surface area contributed by atoms with Gasteiger partial charge in [-0.05, 0) is 0 Å². The van der Waals surface area contributed by atoms with E-state index in [1.807, 2.05) is 24.3 Å². The average molecular weight is 248 g/mol. The maximum Gasteiger partial charge on any atom is 1.00 e. The quantitative estimate of drug-likeness (QED) is 0.308. The van der Waals surface area contributed by atoms with E-state index in [0.717, 1.165) is 0 Å². The summed E-state index contributed by atoms with van der Waals surface area (Å²) in [6.07, 6.45) is 0. The molecule has 2 aromatic rings. The van der Waals surface area contributed by atoms with Crippen LogP contribution in [0.4, 0.5) is 0 Å². The summed E-state index contributed by atoms with van der Waals surface area (Å²) in [7, 11) is -4.64. The van der Waals surface area contributed by atoms with Crippen molar-refractivity contribution in [1.82, 2.24) is 0 Å². The number of fused-ring (bicyclic) bond motifs is 1. The summed E-state index contributed by atoms with van der Waals surface area (Å²) in [5.74, 6) is 0. The van der Waals surface area contributed by atoms with Gasteiger partial charge in [-0.3, -0.25) is 0 Å². The molecule has 0 aromatic heterocycles. The predicted molar refractivity (Wildman–Crippen MR) is 57.0 cm³/mol. The molecule has 80 valence electrons. The fourth-order valence-corrected chi connectivity index (χ4v) is 1.06. The number of hydrogen-bond donors (Lipinski definition) is 3. The molecule has 2 rings (SSSR count). The van der Waals surface area contributed by atoms with Gasteiger partial charge in [0, 0.05) is 0 Å². The molecule has 4 nitrogen and oxygen atoms in total. The Bertz CT molecular complexity index is 409.